The summed E-state index contributed by atoms with van der Waals surface area (Å²) < 4.78 is 5.44. The van der Waals surface area contributed by atoms with Gasteiger partial charge in [-0.1, -0.05) is 95.5 Å². The molecule has 1 heterocycles. The van der Waals surface area contributed by atoms with Crippen LogP contribution in [0.3, 0.4) is 0 Å². The Balaban J connectivity index is 2.08. The Morgan fingerprint density at radius 3 is 2.25 bits per heavy atom. The Hall–Kier alpha value is -1.96. The molecule has 0 aliphatic carbocycles. The predicted octanol–water partition coefficient (Wildman–Crippen LogP) is 4.34. The van der Waals surface area contributed by atoms with Crippen molar-refractivity contribution in [3.63, 3.8) is 0 Å². The highest BCUT2D eigenvalue weighted by molar-refractivity contribution is 6.00. The highest BCUT2D eigenvalue weighted by Crippen LogP contribution is 2.24. The number of nitrogens with one attached hydrogen (secondary N) is 2. The molecule has 2 rings (SSSR count). The molecule has 1 fully saturated rings. The van der Waals surface area contributed by atoms with E-state index in [1.165, 1.54) is 0 Å². The van der Waals surface area contributed by atoms with Gasteiger partial charge in [-0.3, -0.25) is 14.5 Å². The maximum atomic E-state index is 13.5. The molecule has 0 spiro atoms. The number of unbranched alkanes of at least 4 members (excludes halogenated alkanes) is 7. The van der Waals surface area contributed by atoms with Crippen molar-refractivity contribution in [2.45, 2.75) is 90.2 Å². The van der Waals surface area contributed by atoms with E-state index in [4.69, 9.17) is 4.74 Å². The average molecular weight is 504 g/mol. The predicted molar refractivity (Wildman–Crippen MR) is 144 cm³/mol. The number of benzene rings is 1. The van der Waals surface area contributed by atoms with Crippen LogP contribution < -0.4 is 10.6 Å². The summed E-state index contributed by atoms with van der Waals surface area (Å²) >= 11 is 0. The van der Waals surface area contributed by atoms with Crippen LogP contribution in [0.5, 0.6) is 0 Å². The molecule has 36 heavy (non-hydrogen) atoms. The molecule has 0 saturated carbocycles. The van der Waals surface area contributed by atoms with E-state index in [-0.39, 0.29) is 5.91 Å². The fourth-order valence-corrected chi connectivity index (χ4v) is 4.65. The van der Waals surface area contributed by atoms with Crippen molar-refractivity contribution in [2.75, 3.05) is 39.4 Å². The van der Waals surface area contributed by atoms with E-state index in [2.05, 4.69) is 29.4 Å². The number of hydrogen-bond donors (Lipinski definition) is 3. The molecule has 7 nitrogen and oxygen atoms in total. The SMILES string of the molecule is CCCCCCCC(C(=O)NCCCCCC)C(=O)N[C@](O)(CCN1CCOCC1)c1ccccc1. The van der Waals surface area contributed by atoms with Crippen LogP contribution in [0.25, 0.3) is 0 Å². The van der Waals surface area contributed by atoms with E-state index < -0.39 is 17.6 Å². The minimum atomic E-state index is -1.54. The summed E-state index contributed by atoms with van der Waals surface area (Å²) in [5.41, 5.74) is -0.910. The molecule has 0 radical (unpaired) electrons. The zero-order valence-corrected chi connectivity index (χ0v) is 22.6. The van der Waals surface area contributed by atoms with Gasteiger partial charge in [-0.05, 0) is 12.8 Å². The molecule has 1 unspecified atom stereocenters. The summed E-state index contributed by atoms with van der Waals surface area (Å²) in [6.07, 6.45) is 10.3. The number of nitrogens with zero attached hydrogens (tertiary/aromatic N) is 1. The van der Waals surface area contributed by atoms with Gasteiger partial charge in [0.2, 0.25) is 11.8 Å². The van der Waals surface area contributed by atoms with Crippen molar-refractivity contribution < 1.29 is 19.4 Å². The van der Waals surface area contributed by atoms with E-state index in [1.54, 1.807) is 0 Å². The van der Waals surface area contributed by atoms with Crippen molar-refractivity contribution in [1.29, 1.82) is 0 Å². The third-order valence-corrected chi connectivity index (χ3v) is 7.03. The number of carbonyl (C=O) groups excluding carboxylic acids is 2. The summed E-state index contributed by atoms with van der Waals surface area (Å²) in [6, 6.07) is 9.25. The summed E-state index contributed by atoms with van der Waals surface area (Å²) in [5, 5.41) is 17.6. The van der Waals surface area contributed by atoms with E-state index in [0.29, 0.717) is 44.7 Å². The van der Waals surface area contributed by atoms with Gasteiger partial charge in [0.1, 0.15) is 5.92 Å². The maximum Gasteiger partial charge on any atom is 0.235 e. The Bertz CT molecular complexity index is 739. The van der Waals surface area contributed by atoms with Gasteiger partial charge in [-0.2, -0.15) is 0 Å². The van der Waals surface area contributed by atoms with Gasteiger partial charge in [0.05, 0.1) is 13.2 Å². The number of morpholine rings is 1. The summed E-state index contributed by atoms with van der Waals surface area (Å²) in [5.74, 6) is -1.44. The molecule has 3 N–H and O–H groups in total. The van der Waals surface area contributed by atoms with Crippen molar-refractivity contribution in [2.24, 2.45) is 5.92 Å². The summed E-state index contributed by atoms with van der Waals surface area (Å²) in [4.78, 5) is 28.8. The van der Waals surface area contributed by atoms with Crippen LogP contribution in [-0.2, 0) is 20.1 Å². The lowest BCUT2D eigenvalue weighted by atomic mass is 9.94. The molecule has 0 aromatic heterocycles. The number of ether oxygens (including phenoxy) is 1. The summed E-state index contributed by atoms with van der Waals surface area (Å²) in [7, 11) is 0. The first-order valence-corrected chi connectivity index (χ1v) is 14.2. The maximum absolute atomic E-state index is 13.5. The third kappa shape index (κ3) is 11.0. The average Bonchev–Trinajstić information content (AvgIpc) is 2.90. The quantitative estimate of drug-likeness (QED) is 0.157. The number of carbonyl (C=O) groups is 2. The number of aliphatic hydroxyl groups is 1. The first kappa shape index (κ1) is 30.3. The smallest absolute Gasteiger partial charge is 0.235 e. The van der Waals surface area contributed by atoms with Gasteiger partial charge in [-0.15, -0.1) is 0 Å². The zero-order chi connectivity index (χ0) is 26.1. The molecule has 204 valence electrons. The Labute approximate surface area is 218 Å². The molecule has 1 aromatic carbocycles. The van der Waals surface area contributed by atoms with E-state index >= 15 is 0 Å². The second-order valence-corrected chi connectivity index (χ2v) is 10.0. The van der Waals surface area contributed by atoms with Gasteiger partial charge in [0, 0.05) is 38.2 Å². The van der Waals surface area contributed by atoms with Crippen LogP contribution in [0, 0.1) is 5.92 Å². The van der Waals surface area contributed by atoms with Crippen LogP contribution in [0.4, 0.5) is 0 Å². The molecule has 2 amide bonds. The minimum Gasteiger partial charge on any atom is -0.379 e. The highest BCUT2D eigenvalue weighted by Gasteiger charge is 2.36. The van der Waals surface area contributed by atoms with E-state index in [1.807, 2.05) is 30.3 Å². The van der Waals surface area contributed by atoms with Crippen LogP contribution >= 0.6 is 0 Å². The van der Waals surface area contributed by atoms with Crippen LogP contribution in [-0.4, -0.2) is 61.2 Å². The first-order chi connectivity index (χ1) is 17.5. The topological polar surface area (TPSA) is 90.9 Å². The Morgan fingerprint density at radius 1 is 0.944 bits per heavy atom. The molecule has 0 bridgehead atoms. The minimum absolute atomic E-state index is 0.233. The first-order valence-electron chi connectivity index (χ1n) is 14.2. The molecule has 1 aliphatic heterocycles. The lowest BCUT2D eigenvalue weighted by Gasteiger charge is -2.34. The van der Waals surface area contributed by atoms with Crippen LogP contribution in [0.1, 0.15) is 90.0 Å². The van der Waals surface area contributed by atoms with E-state index in [0.717, 1.165) is 70.9 Å². The Morgan fingerprint density at radius 2 is 1.58 bits per heavy atom. The van der Waals surface area contributed by atoms with Gasteiger partial charge in [-0.25, -0.2) is 0 Å². The largest absolute Gasteiger partial charge is 0.379 e. The fraction of sp³-hybridized carbons (Fsp3) is 0.724. The van der Waals surface area contributed by atoms with Gasteiger partial charge < -0.3 is 20.5 Å². The van der Waals surface area contributed by atoms with Gasteiger partial charge in [0.15, 0.2) is 5.72 Å². The fourth-order valence-electron chi connectivity index (χ4n) is 4.65. The van der Waals surface area contributed by atoms with Gasteiger partial charge in [0.25, 0.3) is 0 Å². The second-order valence-electron chi connectivity index (χ2n) is 10.0. The standard InChI is InChI=1S/C29H49N3O4/c1-3-5-7-9-13-17-26(27(33)30-19-14-8-6-4-2)28(34)31-29(35,25-15-11-10-12-16-25)18-20-32-21-23-36-24-22-32/h10-12,15-16,26,35H,3-9,13-14,17-24H2,1-2H3,(H,30,33)(H,31,34)/t26?,29-/m0/s1. The number of hydrogen-bond acceptors (Lipinski definition) is 5. The molecule has 1 saturated heterocycles. The van der Waals surface area contributed by atoms with Gasteiger partial charge >= 0.3 is 0 Å². The van der Waals surface area contributed by atoms with Crippen LogP contribution in [0.15, 0.2) is 30.3 Å². The van der Waals surface area contributed by atoms with Crippen molar-refractivity contribution in [3.8, 4) is 0 Å². The lowest BCUT2D eigenvalue weighted by molar-refractivity contribution is -0.141. The van der Waals surface area contributed by atoms with Crippen LogP contribution in [0.2, 0.25) is 0 Å². The summed E-state index contributed by atoms with van der Waals surface area (Å²) in [6.45, 7) is 8.50. The highest BCUT2D eigenvalue weighted by atomic mass is 16.5. The molecule has 1 aromatic rings. The third-order valence-electron chi connectivity index (χ3n) is 7.03. The molecule has 1 aliphatic rings. The zero-order valence-electron chi connectivity index (χ0n) is 22.6. The lowest BCUT2D eigenvalue weighted by Crippen LogP contribution is -2.52. The Kier molecular flexibility index (Phi) is 14.7. The second kappa shape index (κ2) is 17.5. The molecule has 7 heteroatoms. The van der Waals surface area contributed by atoms with Crippen molar-refractivity contribution in [3.05, 3.63) is 35.9 Å². The van der Waals surface area contributed by atoms with Crippen molar-refractivity contribution in [1.82, 2.24) is 15.5 Å². The molecule has 2 atom stereocenters. The number of rotatable bonds is 18. The van der Waals surface area contributed by atoms with Crippen molar-refractivity contribution >= 4 is 11.8 Å². The number of amides is 2. The normalized spacial score (nSPS) is 16.8. The van der Waals surface area contributed by atoms with E-state index in [9.17, 15) is 14.7 Å². The molecular weight excluding hydrogens is 454 g/mol. The molecular formula is C29H49N3O4. The monoisotopic (exact) mass is 503 g/mol.